The Morgan fingerprint density at radius 1 is 1.24 bits per heavy atom. The van der Waals surface area contributed by atoms with Crippen LogP contribution in [0, 0.1) is 0 Å². The van der Waals surface area contributed by atoms with Gasteiger partial charge in [0, 0.05) is 42.5 Å². The van der Waals surface area contributed by atoms with Gasteiger partial charge in [-0.15, -0.1) is 6.58 Å². The van der Waals surface area contributed by atoms with Gasteiger partial charge in [-0.2, -0.15) is 0 Å². The van der Waals surface area contributed by atoms with E-state index < -0.39 is 0 Å². The number of hydrogen-bond acceptors (Lipinski definition) is 4. The molecule has 25 heavy (non-hydrogen) atoms. The van der Waals surface area contributed by atoms with E-state index in [9.17, 15) is 0 Å². The molecule has 0 spiro atoms. The monoisotopic (exact) mass is 330 g/mol. The molecule has 1 atom stereocenters. The highest BCUT2D eigenvalue weighted by molar-refractivity contribution is 5.82. The number of aromatic nitrogens is 3. The third-order valence-corrected chi connectivity index (χ3v) is 4.98. The molecule has 0 aliphatic carbocycles. The molecule has 0 amide bonds. The molecule has 4 nitrogen and oxygen atoms in total. The number of rotatable bonds is 4. The van der Waals surface area contributed by atoms with E-state index >= 15 is 0 Å². The topological polar surface area (TPSA) is 41.9 Å². The second-order valence-corrected chi connectivity index (χ2v) is 6.51. The van der Waals surface area contributed by atoms with Gasteiger partial charge in [-0.25, -0.2) is 9.97 Å². The Morgan fingerprint density at radius 2 is 2.12 bits per heavy atom. The van der Waals surface area contributed by atoms with Gasteiger partial charge in [-0.05, 0) is 30.5 Å². The standard InChI is InChI=1S/C21H22N4/c1-3-18(4-2)25-10-9-16-12-23-21(24-20(16)14-25)17-11-15-7-5-6-8-19(15)22-13-17/h3,5-8,11-13,18H,1,4,9-10,14H2,2H3. The summed E-state index contributed by atoms with van der Waals surface area (Å²) in [6.07, 6.45) is 7.96. The zero-order chi connectivity index (χ0) is 17.2. The van der Waals surface area contributed by atoms with E-state index in [4.69, 9.17) is 4.98 Å². The molecule has 0 radical (unpaired) electrons. The van der Waals surface area contributed by atoms with Gasteiger partial charge >= 0.3 is 0 Å². The Balaban J connectivity index is 1.68. The minimum Gasteiger partial charge on any atom is -0.291 e. The van der Waals surface area contributed by atoms with Crippen LogP contribution in [0.5, 0.6) is 0 Å². The van der Waals surface area contributed by atoms with Crippen LogP contribution in [-0.2, 0) is 13.0 Å². The van der Waals surface area contributed by atoms with E-state index in [1.54, 1.807) is 0 Å². The lowest BCUT2D eigenvalue weighted by molar-refractivity contribution is 0.202. The average Bonchev–Trinajstić information content (AvgIpc) is 2.68. The van der Waals surface area contributed by atoms with E-state index in [0.717, 1.165) is 53.9 Å². The SMILES string of the molecule is C=CC(CC)N1CCc2cnc(-c3cnc4ccccc4c3)nc2C1. The van der Waals surface area contributed by atoms with Gasteiger partial charge in [-0.3, -0.25) is 9.88 Å². The summed E-state index contributed by atoms with van der Waals surface area (Å²) in [7, 11) is 0. The Kier molecular flexibility index (Phi) is 4.28. The highest BCUT2D eigenvalue weighted by Gasteiger charge is 2.22. The maximum absolute atomic E-state index is 4.86. The van der Waals surface area contributed by atoms with Crippen LogP contribution in [0.25, 0.3) is 22.3 Å². The molecular formula is C21H22N4. The summed E-state index contributed by atoms with van der Waals surface area (Å²) in [5.41, 5.74) is 4.35. The van der Waals surface area contributed by atoms with Crippen LogP contribution in [-0.4, -0.2) is 32.4 Å². The summed E-state index contributed by atoms with van der Waals surface area (Å²) >= 11 is 0. The first-order chi connectivity index (χ1) is 12.3. The number of benzene rings is 1. The van der Waals surface area contributed by atoms with Crippen molar-refractivity contribution in [2.45, 2.75) is 32.4 Å². The van der Waals surface area contributed by atoms with Crippen LogP contribution < -0.4 is 0 Å². The summed E-state index contributed by atoms with van der Waals surface area (Å²) in [5.74, 6) is 0.755. The van der Waals surface area contributed by atoms with Crippen LogP contribution in [0.4, 0.5) is 0 Å². The molecule has 3 aromatic rings. The smallest absolute Gasteiger partial charge is 0.161 e. The van der Waals surface area contributed by atoms with Crippen LogP contribution in [0.2, 0.25) is 0 Å². The molecule has 2 aromatic heterocycles. The van der Waals surface area contributed by atoms with E-state index in [1.807, 2.05) is 36.7 Å². The lowest BCUT2D eigenvalue weighted by Crippen LogP contribution is -2.38. The van der Waals surface area contributed by atoms with Crippen LogP contribution in [0.15, 0.2) is 55.4 Å². The summed E-state index contributed by atoms with van der Waals surface area (Å²) in [6, 6.07) is 10.6. The first-order valence-corrected chi connectivity index (χ1v) is 8.85. The van der Waals surface area contributed by atoms with Crippen molar-refractivity contribution in [1.29, 1.82) is 0 Å². The van der Waals surface area contributed by atoms with Gasteiger partial charge in [0.2, 0.25) is 0 Å². The van der Waals surface area contributed by atoms with Gasteiger partial charge in [-0.1, -0.05) is 31.2 Å². The first-order valence-electron chi connectivity index (χ1n) is 8.85. The Labute approximate surface area is 148 Å². The quantitative estimate of drug-likeness (QED) is 0.678. The third-order valence-electron chi connectivity index (χ3n) is 4.98. The van der Waals surface area contributed by atoms with Crippen molar-refractivity contribution in [1.82, 2.24) is 19.9 Å². The molecule has 1 aromatic carbocycles. The molecular weight excluding hydrogens is 308 g/mol. The van der Waals surface area contributed by atoms with Crippen molar-refractivity contribution >= 4 is 10.9 Å². The number of fused-ring (bicyclic) bond motifs is 2. The van der Waals surface area contributed by atoms with Crippen molar-refractivity contribution in [3.05, 3.63) is 66.6 Å². The fourth-order valence-electron chi connectivity index (χ4n) is 3.51. The predicted molar refractivity (Wildman–Crippen MR) is 101 cm³/mol. The first kappa shape index (κ1) is 15.9. The number of para-hydroxylation sites is 1. The largest absolute Gasteiger partial charge is 0.291 e. The van der Waals surface area contributed by atoms with Crippen molar-refractivity contribution in [3.8, 4) is 11.4 Å². The zero-order valence-corrected chi connectivity index (χ0v) is 14.5. The Hall–Kier alpha value is -2.59. The van der Waals surface area contributed by atoms with Gasteiger partial charge < -0.3 is 0 Å². The lowest BCUT2D eigenvalue weighted by atomic mass is 10.0. The van der Waals surface area contributed by atoms with Crippen molar-refractivity contribution in [3.63, 3.8) is 0 Å². The molecule has 126 valence electrons. The average molecular weight is 330 g/mol. The summed E-state index contributed by atoms with van der Waals surface area (Å²) in [4.78, 5) is 16.4. The zero-order valence-electron chi connectivity index (χ0n) is 14.5. The normalized spacial score (nSPS) is 15.7. The molecule has 3 heterocycles. The van der Waals surface area contributed by atoms with Crippen molar-refractivity contribution < 1.29 is 0 Å². The molecule has 1 aliphatic heterocycles. The van der Waals surface area contributed by atoms with Gasteiger partial charge in [0.15, 0.2) is 5.82 Å². The van der Waals surface area contributed by atoms with Gasteiger partial charge in [0.25, 0.3) is 0 Å². The maximum atomic E-state index is 4.86. The molecule has 4 rings (SSSR count). The maximum Gasteiger partial charge on any atom is 0.161 e. The van der Waals surface area contributed by atoms with Crippen molar-refractivity contribution in [2.75, 3.05) is 6.54 Å². The molecule has 0 saturated carbocycles. The second kappa shape index (κ2) is 6.73. The van der Waals surface area contributed by atoms with Crippen LogP contribution in [0.3, 0.4) is 0 Å². The number of nitrogens with zero attached hydrogens (tertiary/aromatic N) is 4. The highest BCUT2D eigenvalue weighted by Crippen LogP contribution is 2.24. The summed E-state index contributed by atoms with van der Waals surface area (Å²) in [5, 5.41) is 1.11. The second-order valence-electron chi connectivity index (χ2n) is 6.51. The van der Waals surface area contributed by atoms with Crippen LogP contribution >= 0.6 is 0 Å². The molecule has 4 heteroatoms. The Bertz CT molecular complexity index is 919. The molecule has 1 unspecified atom stereocenters. The van der Waals surface area contributed by atoms with E-state index in [1.165, 1.54) is 5.56 Å². The van der Waals surface area contributed by atoms with Gasteiger partial charge in [0.1, 0.15) is 0 Å². The van der Waals surface area contributed by atoms with E-state index in [-0.39, 0.29) is 0 Å². The Morgan fingerprint density at radius 3 is 2.96 bits per heavy atom. The highest BCUT2D eigenvalue weighted by atomic mass is 15.2. The molecule has 0 saturated heterocycles. The van der Waals surface area contributed by atoms with E-state index in [2.05, 4.69) is 40.5 Å². The molecule has 0 bridgehead atoms. The lowest BCUT2D eigenvalue weighted by Gasteiger charge is -2.32. The predicted octanol–water partition coefficient (Wildman–Crippen LogP) is 4.01. The van der Waals surface area contributed by atoms with E-state index in [0.29, 0.717) is 6.04 Å². The van der Waals surface area contributed by atoms with Crippen LogP contribution in [0.1, 0.15) is 24.6 Å². The number of hydrogen-bond donors (Lipinski definition) is 0. The minimum absolute atomic E-state index is 0.411. The molecule has 0 fully saturated rings. The summed E-state index contributed by atoms with van der Waals surface area (Å²) in [6.45, 7) is 8.07. The van der Waals surface area contributed by atoms with Gasteiger partial charge in [0.05, 0.1) is 11.2 Å². The van der Waals surface area contributed by atoms with Crippen molar-refractivity contribution in [2.24, 2.45) is 0 Å². The fourth-order valence-corrected chi connectivity index (χ4v) is 3.51. The third kappa shape index (κ3) is 3.05. The molecule has 0 N–H and O–H groups in total. The molecule has 1 aliphatic rings. The minimum atomic E-state index is 0.411. The summed E-state index contributed by atoms with van der Waals surface area (Å²) < 4.78 is 0. The number of pyridine rings is 1. The fraction of sp³-hybridized carbons (Fsp3) is 0.286.